The van der Waals surface area contributed by atoms with Crippen molar-refractivity contribution < 1.29 is 24.6 Å². The molecule has 7 N–H and O–H groups in total. The van der Waals surface area contributed by atoms with Crippen molar-refractivity contribution in [3.63, 3.8) is 0 Å². The highest BCUT2D eigenvalue weighted by Gasteiger charge is 2.24. The third-order valence-electron chi connectivity index (χ3n) is 3.08. The lowest BCUT2D eigenvalue weighted by molar-refractivity contribution is 0.0698. The summed E-state index contributed by atoms with van der Waals surface area (Å²) in [5.74, 6) is -1.33. The van der Waals surface area contributed by atoms with E-state index in [0.717, 1.165) is 6.07 Å². The third kappa shape index (κ3) is 3.53. The standard InChI is InChI=1S/C15H14N4O5/c16-8-1-3-9(4-2-8)18-14(22)19(15(23)24)10-5-6-12(17)11(7-10)13(20)21/h1-7H,16-17H2,(H,18,22)(H,20,21)(H,23,24). The Bertz CT molecular complexity index is 804. The van der Waals surface area contributed by atoms with Gasteiger partial charge in [0.1, 0.15) is 0 Å². The molecule has 0 saturated carbocycles. The van der Waals surface area contributed by atoms with E-state index < -0.39 is 18.1 Å². The van der Waals surface area contributed by atoms with Gasteiger partial charge in [-0.2, -0.15) is 4.90 Å². The number of carbonyl (C=O) groups excluding carboxylic acids is 1. The van der Waals surface area contributed by atoms with Gasteiger partial charge in [-0.3, -0.25) is 0 Å². The molecular formula is C15H14N4O5. The molecule has 0 spiro atoms. The minimum Gasteiger partial charge on any atom is -0.478 e. The molecule has 0 unspecified atom stereocenters. The molecule has 0 heterocycles. The number of imide groups is 1. The van der Waals surface area contributed by atoms with E-state index in [4.69, 9.17) is 16.6 Å². The molecule has 0 aliphatic rings. The summed E-state index contributed by atoms with van der Waals surface area (Å²) in [6, 6.07) is 8.54. The second-order valence-electron chi connectivity index (χ2n) is 4.75. The molecule has 124 valence electrons. The van der Waals surface area contributed by atoms with Crippen molar-refractivity contribution in [3.8, 4) is 0 Å². The summed E-state index contributed by atoms with van der Waals surface area (Å²) in [6.45, 7) is 0. The highest BCUT2D eigenvalue weighted by molar-refractivity contribution is 6.16. The van der Waals surface area contributed by atoms with E-state index in [1.165, 1.54) is 36.4 Å². The molecule has 2 rings (SSSR count). The number of amides is 3. The summed E-state index contributed by atoms with van der Waals surface area (Å²) in [5.41, 5.74) is 11.4. The van der Waals surface area contributed by atoms with E-state index in [-0.39, 0.29) is 16.9 Å². The van der Waals surface area contributed by atoms with Crippen LogP contribution in [0.4, 0.5) is 32.3 Å². The number of nitrogens with zero attached hydrogens (tertiary/aromatic N) is 1. The van der Waals surface area contributed by atoms with Crippen LogP contribution in [0.5, 0.6) is 0 Å². The molecule has 9 nitrogen and oxygen atoms in total. The Hall–Kier alpha value is -3.75. The Morgan fingerprint density at radius 2 is 1.58 bits per heavy atom. The zero-order valence-electron chi connectivity index (χ0n) is 12.3. The minimum absolute atomic E-state index is 0.0458. The zero-order chi connectivity index (χ0) is 17.9. The number of nitrogens with one attached hydrogen (secondary N) is 1. The van der Waals surface area contributed by atoms with Crippen LogP contribution in [0.1, 0.15) is 10.4 Å². The van der Waals surface area contributed by atoms with Gasteiger partial charge in [-0.15, -0.1) is 0 Å². The van der Waals surface area contributed by atoms with Gasteiger partial charge in [0.25, 0.3) is 0 Å². The van der Waals surface area contributed by atoms with Gasteiger partial charge in [-0.05, 0) is 42.5 Å². The fourth-order valence-corrected chi connectivity index (χ4v) is 1.93. The summed E-state index contributed by atoms with van der Waals surface area (Å²) in [5, 5.41) is 20.7. The smallest absolute Gasteiger partial charge is 0.420 e. The first kappa shape index (κ1) is 16.6. The van der Waals surface area contributed by atoms with Crippen molar-refractivity contribution in [1.82, 2.24) is 0 Å². The number of hydrogen-bond acceptors (Lipinski definition) is 5. The Kier molecular flexibility index (Phi) is 4.55. The molecular weight excluding hydrogens is 316 g/mol. The first-order chi connectivity index (χ1) is 11.3. The Balaban J connectivity index is 2.34. The van der Waals surface area contributed by atoms with Gasteiger partial charge < -0.3 is 27.0 Å². The Morgan fingerprint density at radius 3 is 2.12 bits per heavy atom. The molecule has 3 amide bonds. The Labute approximate surface area is 136 Å². The zero-order valence-corrected chi connectivity index (χ0v) is 12.3. The first-order valence-corrected chi connectivity index (χ1v) is 6.62. The van der Waals surface area contributed by atoms with Crippen LogP contribution in [0.2, 0.25) is 0 Å². The molecule has 0 aliphatic carbocycles. The highest BCUT2D eigenvalue weighted by atomic mass is 16.4. The number of rotatable bonds is 3. The molecule has 0 bridgehead atoms. The molecule has 0 aromatic heterocycles. The third-order valence-corrected chi connectivity index (χ3v) is 3.08. The van der Waals surface area contributed by atoms with Crippen molar-refractivity contribution >= 4 is 40.8 Å². The second-order valence-corrected chi connectivity index (χ2v) is 4.75. The topological polar surface area (TPSA) is 159 Å². The fourth-order valence-electron chi connectivity index (χ4n) is 1.93. The van der Waals surface area contributed by atoms with Crippen LogP contribution in [0.3, 0.4) is 0 Å². The van der Waals surface area contributed by atoms with Gasteiger partial charge in [0.2, 0.25) is 0 Å². The second kappa shape index (κ2) is 6.57. The molecule has 0 fully saturated rings. The van der Waals surface area contributed by atoms with Gasteiger partial charge in [0.15, 0.2) is 0 Å². The molecule has 0 atom stereocenters. The minimum atomic E-state index is -1.58. The summed E-state index contributed by atoms with van der Waals surface area (Å²) >= 11 is 0. The van der Waals surface area contributed by atoms with Crippen LogP contribution >= 0.6 is 0 Å². The van der Waals surface area contributed by atoms with Crippen LogP contribution in [-0.2, 0) is 0 Å². The number of urea groups is 1. The number of benzene rings is 2. The molecule has 24 heavy (non-hydrogen) atoms. The van der Waals surface area contributed by atoms with E-state index in [0.29, 0.717) is 16.3 Å². The van der Waals surface area contributed by atoms with Crippen molar-refractivity contribution in [2.24, 2.45) is 0 Å². The van der Waals surface area contributed by atoms with Gasteiger partial charge >= 0.3 is 18.1 Å². The molecule has 2 aromatic carbocycles. The average molecular weight is 330 g/mol. The van der Waals surface area contributed by atoms with E-state index >= 15 is 0 Å². The number of carbonyl (C=O) groups is 3. The number of anilines is 4. The van der Waals surface area contributed by atoms with Crippen LogP contribution in [-0.4, -0.2) is 28.3 Å². The summed E-state index contributed by atoms with van der Waals surface area (Å²) < 4.78 is 0. The van der Waals surface area contributed by atoms with E-state index in [1.54, 1.807) is 0 Å². The molecule has 9 heteroatoms. The predicted molar refractivity (Wildman–Crippen MR) is 88.2 cm³/mol. The number of nitrogens with two attached hydrogens (primary N) is 2. The maximum absolute atomic E-state index is 12.2. The maximum Gasteiger partial charge on any atom is 0.420 e. The highest BCUT2D eigenvalue weighted by Crippen LogP contribution is 2.23. The largest absolute Gasteiger partial charge is 0.478 e. The quantitative estimate of drug-likeness (QED) is 0.539. The van der Waals surface area contributed by atoms with Gasteiger partial charge in [0, 0.05) is 17.1 Å². The number of carboxylic acids is 1. The average Bonchev–Trinajstić information content (AvgIpc) is 2.50. The number of carboxylic acid groups (broad SMARTS) is 2. The van der Waals surface area contributed by atoms with Crippen LogP contribution in [0.25, 0.3) is 0 Å². The lowest BCUT2D eigenvalue weighted by Gasteiger charge is -2.19. The monoisotopic (exact) mass is 330 g/mol. The lowest BCUT2D eigenvalue weighted by atomic mass is 10.1. The van der Waals surface area contributed by atoms with Crippen molar-refractivity contribution in [1.29, 1.82) is 0 Å². The van der Waals surface area contributed by atoms with Gasteiger partial charge in [0.05, 0.1) is 11.3 Å². The molecule has 0 radical (unpaired) electrons. The van der Waals surface area contributed by atoms with E-state index in [2.05, 4.69) is 5.32 Å². The first-order valence-electron chi connectivity index (χ1n) is 6.62. The Morgan fingerprint density at radius 1 is 0.958 bits per heavy atom. The van der Waals surface area contributed by atoms with E-state index in [9.17, 15) is 19.5 Å². The van der Waals surface area contributed by atoms with Crippen molar-refractivity contribution in [2.45, 2.75) is 0 Å². The molecule has 0 aliphatic heterocycles. The number of aromatic carboxylic acids is 1. The van der Waals surface area contributed by atoms with Crippen molar-refractivity contribution in [3.05, 3.63) is 48.0 Å². The van der Waals surface area contributed by atoms with Crippen LogP contribution in [0.15, 0.2) is 42.5 Å². The fraction of sp³-hybridized carbons (Fsp3) is 0. The van der Waals surface area contributed by atoms with Gasteiger partial charge in [-0.25, -0.2) is 14.4 Å². The predicted octanol–water partition coefficient (Wildman–Crippen LogP) is 2.27. The van der Waals surface area contributed by atoms with Crippen LogP contribution < -0.4 is 21.7 Å². The number of hydrogen-bond donors (Lipinski definition) is 5. The molecule has 2 aromatic rings. The SMILES string of the molecule is Nc1ccc(NC(=O)N(C(=O)O)c2ccc(N)c(C(=O)O)c2)cc1. The number of nitrogen functional groups attached to an aromatic ring is 2. The summed E-state index contributed by atoms with van der Waals surface area (Å²) in [4.78, 5) is 35.1. The molecule has 0 saturated heterocycles. The summed E-state index contributed by atoms with van der Waals surface area (Å²) in [7, 11) is 0. The lowest BCUT2D eigenvalue weighted by Crippen LogP contribution is -2.39. The summed E-state index contributed by atoms with van der Waals surface area (Å²) in [6.07, 6.45) is -1.58. The maximum atomic E-state index is 12.2. The normalized spacial score (nSPS) is 10.0. The van der Waals surface area contributed by atoms with Crippen LogP contribution in [0, 0.1) is 0 Å². The van der Waals surface area contributed by atoms with Gasteiger partial charge in [-0.1, -0.05) is 0 Å². The van der Waals surface area contributed by atoms with Crippen molar-refractivity contribution in [2.75, 3.05) is 21.7 Å². The van der Waals surface area contributed by atoms with E-state index in [1.807, 2.05) is 0 Å².